The summed E-state index contributed by atoms with van der Waals surface area (Å²) in [6, 6.07) is 13.8. The first-order valence-corrected chi connectivity index (χ1v) is 12.1. The van der Waals surface area contributed by atoms with Crippen LogP contribution in [0.1, 0.15) is 33.3 Å². The number of primary sulfonamides is 1. The Morgan fingerprint density at radius 3 is 2.26 bits per heavy atom. The third kappa shape index (κ3) is 6.50. The quantitative estimate of drug-likeness (QED) is 0.340. The summed E-state index contributed by atoms with van der Waals surface area (Å²) in [4.78, 5) is 0. The number of nitrogens with zero attached hydrogens (tertiary/aromatic N) is 3. The van der Waals surface area contributed by atoms with E-state index in [0.717, 1.165) is 5.46 Å². The zero-order valence-electron chi connectivity index (χ0n) is 19.3. The van der Waals surface area contributed by atoms with Gasteiger partial charge in [-0.05, 0) is 49.4 Å². The van der Waals surface area contributed by atoms with E-state index in [0.29, 0.717) is 22.4 Å². The Kier molecular flexibility index (Phi) is 7.60. The monoisotopic (exact) mass is 487 g/mol. The molecule has 11 nitrogen and oxygen atoms in total. The molecular formula is C20H27B2N5O6S. The fourth-order valence-electron chi connectivity index (χ4n) is 3.16. The average Bonchev–Trinajstić information content (AvgIpc) is 3.34. The number of H-pyrrole nitrogens is 1. The molecule has 14 heteroatoms. The number of hydrogen-bond acceptors (Lipinski definition) is 9. The Hall–Kier alpha value is -2.61. The number of sulfonamides is 1. The molecule has 0 atom stereocenters. The molecule has 1 fully saturated rings. The standard InChI is InChI=1S/C13H20BNO4S.C7H7BN4O2/c1-12(2)13(3,4)19-14(18-12)11-7-5-6-10(8-11)9-20(15,16)17;13-8(14)6-3-1-2-5(4-6)7-9-11-12-10-7/h5-8H,9H2,1-4H3,(H2,15,16,17);1-4,13-14H,(H,9,10,11,12). The number of benzene rings is 2. The largest absolute Gasteiger partial charge is 0.494 e. The summed E-state index contributed by atoms with van der Waals surface area (Å²) in [5, 5.41) is 36.2. The Morgan fingerprint density at radius 1 is 1.06 bits per heavy atom. The van der Waals surface area contributed by atoms with Gasteiger partial charge in [-0.3, -0.25) is 0 Å². The summed E-state index contributed by atoms with van der Waals surface area (Å²) in [6.07, 6.45) is 0. The van der Waals surface area contributed by atoms with Crippen molar-refractivity contribution in [2.45, 2.75) is 44.6 Å². The van der Waals surface area contributed by atoms with E-state index in [9.17, 15) is 8.42 Å². The minimum Gasteiger partial charge on any atom is -0.423 e. The van der Waals surface area contributed by atoms with Crippen LogP contribution < -0.4 is 16.1 Å². The highest BCUT2D eigenvalue weighted by Crippen LogP contribution is 2.36. The van der Waals surface area contributed by atoms with Gasteiger partial charge in [0.2, 0.25) is 15.8 Å². The molecule has 0 spiro atoms. The molecule has 1 saturated heterocycles. The molecule has 3 aromatic rings. The van der Waals surface area contributed by atoms with Gasteiger partial charge in [0.1, 0.15) is 0 Å². The first kappa shape index (κ1) is 26.0. The molecule has 0 unspecified atom stereocenters. The van der Waals surface area contributed by atoms with Gasteiger partial charge in [-0.15, -0.1) is 10.2 Å². The van der Waals surface area contributed by atoms with Crippen LogP contribution in [0.25, 0.3) is 11.4 Å². The number of aromatic amines is 1. The summed E-state index contributed by atoms with van der Waals surface area (Å²) >= 11 is 0. The summed E-state index contributed by atoms with van der Waals surface area (Å²) in [5.74, 6) is 0.230. The van der Waals surface area contributed by atoms with Gasteiger partial charge in [0.05, 0.1) is 17.0 Å². The van der Waals surface area contributed by atoms with Crippen LogP contribution in [0.3, 0.4) is 0 Å². The molecule has 0 bridgehead atoms. The molecule has 34 heavy (non-hydrogen) atoms. The molecule has 5 N–H and O–H groups in total. The molecule has 1 aliphatic heterocycles. The number of hydrogen-bond donors (Lipinski definition) is 4. The SMILES string of the molecule is CC1(C)OB(c2cccc(CS(N)(=O)=O)c2)OC1(C)C.OB(O)c1cccc(-c2nn[nH]n2)c1. The van der Waals surface area contributed by atoms with E-state index >= 15 is 0 Å². The lowest BCUT2D eigenvalue weighted by atomic mass is 9.78. The van der Waals surface area contributed by atoms with Crippen molar-refractivity contribution in [3.63, 3.8) is 0 Å². The molecule has 0 saturated carbocycles. The Labute approximate surface area is 199 Å². The zero-order chi connectivity index (χ0) is 25.1. The van der Waals surface area contributed by atoms with Gasteiger partial charge >= 0.3 is 14.2 Å². The zero-order valence-corrected chi connectivity index (χ0v) is 20.2. The highest BCUT2D eigenvalue weighted by Gasteiger charge is 2.51. The van der Waals surface area contributed by atoms with Crippen LogP contribution in [-0.4, -0.2) is 64.5 Å². The van der Waals surface area contributed by atoms with Crippen LogP contribution in [0, 0.1) is 0 Å². The van der Waals surface area contributed by atoms with Gasteiger partial charge in [0.25, 0.3) is 0 Å². The topological polar surface area (TPSA) is 174 Å². The van der Waals surface area contributed by atoms with E-state index < -0.39 is 35.5 Å². The number of nitrogens with one attached hydrogen (secondary N) is 1. The van der Waals surface area contributed by atoms with Crippen LogP contribution in [0.15, 0.2) is 48.5 Å². The molecule has 1 aromatic heterocycles. The van der Waals surface area contributed by atoms with Gasteiger partial charge in [0, 0.05) is 5.56 Å². The third-order valence-corrected chi connectivity index (χ3v) is 6.37. The van der Waals surface area contributed by atoms with E-state index in [2.05, 4.69) is 20.6 Å². The van der Waals surface area contributed by atoms with Gasteiger partial charge in [-0.25, -0.2) is 13.6 Å². The Balaban J connectivity index is 0.000000202. The van der Waals surface area contributed by atoms with Crippen LogP contribution in [0.2, 0.25) is 0 Å². The smallest absolute Gasteiger partial charge is 0.423 e. The molecule has 2 aromatic carbocycles. The first-order valence-electron chi connectivity index (χ1n) is 10.4. The van der Waals surface area contributed by atoms with Crippen molar-refractivity contribution in [2.24, 2.45) is 5.14 Å². The van der Waals surface area contributed by atoms with Crippen molar-refractivity contribution in [2.75, 3.05) is 0 Å². The average molecular weight is 487 g/mol. The lowest BCUT2D eigenvalue weighted by Crippen LogP contribution is -2.41. The second kappa shape index (κ2) is 9.94. The number of nitrogens with two attached hydrogens (primary N) is 1. The van der Waals surface area contributed by atoms with Gasteiger partial charge in [0.15, 0.2) is 0 Å². The van der Waals surface area contributed by atoms with Crippen LogP contribution in [0.5, 0.6) is 0 Å². The molecule has 2 heterocycles. The van der Waals surface area contributed by atoms with Gasteiger partial charge in [-0.2, -0.15) is 5.21 Å². The fourth-order valence-corrected chi connectivity index (χ4v) is 3.81. The van der Waals surface area contributed by atoms with Crippen molar-refractivity contribution in [1.29, 1.82) is 0 Å². The highest BCUT2D eigenvalue weighted by atomic mass is 32.2. The number of aromatic nitrogens is 4. The second-order valence-corrected chi connectivity index (χ2v) is 10.5. The van der Waals surface area contributed by atoms with Crippen molar-refractivity contribution in [3.8, 4) is 11.4 Å². The lowest BCUT2D eigenvalue weighted by molar-refractivity contribution is 0.00578. The third-order valence-electron chi connectivity index (χ3n) is 5.63. The van der Waals surface area contributed by atoms with E-state index in [-0.39, 0.29) is 5.75 Å². The first-order chi connectivity index (χ1) is 15.8. The van der Waals surface area contributed by atoms with E-state index in [4.69, 9.17) is 24.5 Å². The Bertz CT molecular complexity index is 1210. The summed E-state index contributed by atoms with van der Waals surface area (Å²) in [5.41, 5.74) is 1.66. The summed E-state index contributed by atoms with van der Waals surface area (Å²) in [6.45, 7) is 7.89. The summed E-state index contributed by atoms with van der Waals surface area (Å²) in [7, 11) is -5.53. The molecule has 4 rings (SSSR count). The number of rotatable bonds is 5. The molecule has 0 amide bonds. The van der Waals surface area contributed by atoms with Gasteiger partial charge in [-0.1, -0.05) is 48.5 Å². The maximum atomic E-state index is 11.2. The molecule has 0 aliphatic carbocycles. The highest BCUT2D eigenvalue weighted by molar-refractivity contribution is 7.88. The minimum absolute atomic E-state index is 0.194. The van der Waals surface area contributed by atoms with E-state index in [1.807, 2.05) is 33.8 Å². The number of tetrazole rings is 1. The van der Waals surface area contributed by atoms with Gasteiger partial charge < -0.3 is 19.4 Å². The lowest BCUT2D eigenvalue weighted by Gasteiger charge is -2.32. The van der Waals surface area contributed by atoms with Crippen LogP contribution in [-0.2, 0) is 25.1 Å². The predicted octanol–water partition coefficient (Wildman–Crippen LogP) is -0.679. The maximum Gasteiger partial charge on any atom is 0.494 e. The minimum atomic E-state index is -3.54. The van der Waals surface area contributed by atoms with Crippen molar-refractivity contribution < 1.29 is 27.8 Å². The molecule has 1 aliphatic rings. The van der Waals surface area contributed by atoms with Crippen LogP contribution >= 0.6 is 0 Å². The fraction of sp³-hybridized carbons (Fsp3) is 0.350. The summed E-state index contributed by atoms with van der Waals surface area (Å²) < 4.78 is 34.2. The van der Waals surface area contributed by atoms with E-state index in [1.165, 1.54) is 0 Å². The second-order valence-electron chi connectivity index (χ2n) is 8.88. The van der Waals surface area contributed by atoms with Crippen LogP contribution in [0.4, 0.5) is 0 Å². The molecule has 0 radical (unpaired) electrons. The van der Waals surface area contributed by atoms with Crippen molar-refractivity contribution >= 4 is 35.2 Å². The maximum absolute atomic E-state index is 11.2. The van der Waals surface area contributed by atoms with E-state index in [1.54, 1.807) is 42.5 Å². The Morgan fingerprint density at radius 2 is 1.71 bits per heavy atom. The molecular weight excluding hydrogens is 460 g/mol. The molecule has 180 valence electrons. The van der Waals surface area contributed by atoms with Crippen molar-refractivity contribution in [3.05, 3.63) is 54.1 Å². The normalized spacial score (nSPS) is 16.6. The van der Waals surface area contributed by atoms with Crippen molar-refractivity contribution in [1.82, 2.24) is 20.6 Å². The predicted molar refractivity (Wildman–Crippen MR) is 128 cm³/mol.